The topological polar surface area (TPSA) is 94.0 Å². The van der Waals surface area contributed by atoms with Crippen molar-refractivity contribution in [3.63, 3.8) is 0 Å². The second-order valence-corrected chi connectivity index (χ2v) is 5.29. The van der Waals surface area contributed by atoms with E-state index in [-0.39, 0.29) is 5.91 Å². The van der Waals surface area contributed by atoms with Gasteiger partial charge in [-0.25, -0.2) is 4.98 Å². The fraction of sp³-hybridized carbons (Fsp3) is 0.0714. The van der Waals surface area contributed by atoms with Crippen LogP contribution in [-0.4, -0.2) is 22.9 Å². The number of amides is 1. The fourth-order valence-corrected chi connectivity index (χ4v) is 2.57. The molecule has 0 unspecified atom stereocenters. The lowest BCUT2D eigenvalue weighted by Crippen LogP contribution is -2.18. The minimum absolute atomic E-state index is 0.234. The third-order valence-corrected chi connectivity index (χ3v) is 3.63. The largest absolute Gasteiger partial charge is 0.431 e. The molecule has 0 spiro atoms. The number of nitrogen functional groups attached to an aromatic ring is 1. The highest BCUT2D eigenvalue weighted by atomic mass is 32.2. The van der Waals surface area contributed by atoms with Crippen molar-refractivity contribution in [2.24, 2.45) is 0 Å². The highest BCUT2D eigenvalue weighted by Gasteiger charge is 2.10. The Hall–Kier alpha value is -2.54. The predicted molar refractivity (Wildman–Crippen MR) is 80.2 cm³/mol. The number of aromatic nitrogens is 2. The Morgan fingerprint density at radius 3 is 3.00 bits per heavy atom. The first kappa shape index (κ1) is 13.4. The number of carbonyl (C=O) groups excluding carboxylic acids is 1. The first-order valence-electron chi connectivity index (χ1n) is 6.18. The number of fused-ring (bicyclic) bond motifs is 1. The normalized spacial score (nSPS) is 10.7. The van der Waals surface area contributed by atoms with Crippen molar-refractivity contribution in [1.82, 2.24) is 15.3 Å². The highest BCUT2D eigenvalue weighted by Crippen LogP contribution is 2.30. The molecular weight excluding hydrogens is 288 g/mol. The van der Waals surface area contributed by atoms with Gasteiger partial charge in [0.15, 0.2) is 5.58 Å². The third kappa shape index (κ3) is 2.82. The van der Waals surface area contributed by atoms with Gasteiger partial charge in [0.2, 0.25) is 0 Å². The lowest BCUT2D eigenvalue weighted by atomic mass is 10.3. The summed E-state index contributed by atoms with van der Waals surface area (Å²) < 4.78 is 5.63. The molecule has 3 aromatic rings. The number of hydrogen-bond acceptors (Lipinski definition) is 6. The van der Waals surface area contributed by atoms with E-state index in [1.807, 2.05) is 0 Å². The third-order valence-electron chi connectivity index (χ3n) is 2.79. The zero-order valence-corrected chi connectivity index (χ0v) is 12.0. The summed E-state index contributed by atoms with van der Waals surface area (Å²) in [5.41, 5.74) is 8.08. The van der Waals surface area contributed by atoms with Gasteiger partial charge in [0.05, 0.1) is 0 Å². The minimum Gasteiger partial charge on any atom is -0.431 e. The Bertz CT molecular complexity index is 816. The summed E-state index contributed by atoms with van der Waals surface area (Å²) in [4.78, 5) is 20.8. The standard InChI is InChI=1S/C14H12N4O2S/c1-16-13(19)11-7-9(4-5-17-11)21-14-18-10-6-8(15)2-3-12(10)20-14/h2-7H,15H2,1H3,(H,16,19). The second-order valence-electron chi connectivity index (χ2n) is 4.26. The number of nitrogens with one attached hydrogen (secondary N) is 1. The summed E-state index contributed by atoms with van der Waals surface area (Å²) in [5.74, 6) is -0.234. The van der Waals surface area contributed by atoms with Crippen LogP contribution in [0.2, 0.25) is 0 Å². The van der Waals surface area contributed by atoms with Crippen LogP contribution in [0.1, 0.15) is 10.5 Å². The molecule has 1 amide bonds. The Morgan fingerprint density at radius 1 is 1.33 bits per heavy atom. The summed E-state index contributed by atoms with van der Waals surface area (Å²) >= 11 is 1.32. The van der Waals surface area contributed by atoms with Gasteiger partial charge in [0, 0.05) is 23.8 Å². The van der Waals surface area contributed by atoms with E-state index < -0.39 is 0 Å². The van der Waals surface area contributed by atoms with Crippen LogP contribution >= 0.6 is 11.8 Å². The van der Waals surface area contributed by atoms with Gasteiger partial charge in [-0.2, -0.15) is 0 Å². The molecular formula is C14H12N4O2S. The molecule has 0 saturated carbocycles. The maximum Gasteiger partial charge on any atom is 0.269 e. The first-order chi connectivity index (χ1) is 10.2. The molecule has 2 aromatic heterocycles. The molecule has 3 rings (SSSR count). The highest BCUT2D eigenvalue weighted by molar-refractivity contribution is 7.99. The molecule has 0 aliphatic heterocycles. The number of pyridine rings is 1. The van der Waals surface area contributed by atoms with Crippen molar-refractivity contribution >= 4 is 34.5 Å². The minimum atomic E-state index is -0.234. The number of rotatable bonds is 3. The molecule has 21 heavy (non-hydrogen) atoms. The van der Waals surface area contributed by atoms with E-state index >= 15 is 0 Å². The van der Waals surface area contributed by atoms with E-state index in [2.05, 4.69) is 15.3 Å². The van der Waals surface area contributed by atoms with Crippen molar-refractivity contribution in [3.8, 4) is 0 Å². The average Bonchev–Trinajstić information content (AvgIpc) is 2.88. The molecule has 0 bridgehead atoms. The lowest BCUT2D eigenvalue weighted by molar-refractivity contribution is 0.0958. The Labute approximate surface area is 124 Å². The summed E-state index contributed by atoms with van der Waals surface area (Å²) in [5, 5.41) is 3.03. The van der Waals surface area contributed by atoms with Crippen molar-refractivity contribution in [3.05, 3.63) is 42.2 Å². The number of carbonyl (C=O) groups is 1. The van der Waals surface area contributed by atoms with Crippen LogP contribution in [0.3, 0.4) is 0 Å². The maximum atomic E-state index is 11.6. The molecule has 0 aliphatic carbocycles. The number of hydrogen-bond donors (Lipinski definition) is 2. The number of oxazole rings is 1. The van der Waals surface area contributed by atoms with E-state index in [4.69, 9.17) is 10.2 Å². The van der Waals surface area contributed by atoms with Crippen molar-refractivity contribution in [2.45, 2.75) is 10.1 Å². The number of nitrogens with zero attached hydrogens (tertiary/aromatic N) is 2. The maximum absolute atomic E-state index is 11.6. The van der Waals surface area contributed by atoms with E-state index in [0.717, 1.165) is 4.90 Å². The molecule has 3 N–H and O–H groups in total. The molecule has 6 nitrogen and oxygen atoms in total. The van der Waals surface area contributed by atoms with E-state index in [1.165, 1.54) is 11.8 Å². The summed E-state index contributed by atoms with van der Waals surface area (Å²) in [6, 6.07) is 8.78. The van der Waals surface area contributed by atoms with Crippen molar-refractivity contribution in [1.29, 1.82) is 0 Å². The van der Waals surface area contributed by atoms with Crippen LogP contribution in [0.5, 0.6) is 0 Å². The van der Waals surface area contributed by atoms with Gasteiger partial charge in [-0.05, 0) is 42.1 Å². The van der Waals surface area contributed by atoms with Crippen molar-refractivity contribution < 1.29 is 9.21 Å². The van der Waals surface area contributed by atoms with E-state index in [1.54, 1.807) is 43.6 Å². The van der Waals surface area contributed by atoms with Gasteiger partial charge in [0.25, 0.3) is 11.1 Å². The number of benzene rings is 1. The molecule has 0 atom stereocenters. The predicted octanol–water partition coefficient (Wildman–Crippen LogP) is 2.32. The molecule has 7 heteroatoms. The van der Waals surface area contributed by atoms with Gasteiger partial charge < -0.3 is 15.5 Å². The molecule has 106 valence electrons. The van der Waals surface area contributed by atoms with Crippen LogP contribution in [0, 0.1) is 0 Å². The Morgan fingerprint density at radius 2 is 2.19 bits per heavy atom. The average molecular weight is 300 g/mol. The quantitative estimate of drug-likeness (QED) is 0.721. The smallest absolute Gasteiger partial charge is 0.269 e. The Balaban J connectivity index is 1.89. The molecule has 0 fully saturated rings. The number of nitrogens with two attached hydrogens (primary N) is 1. The van der Waals surface area contributed by atoms with Crippen LogP contribution in [0.15, 0.2) is 51.1 Å². The molecule has 0 radical (unpaired) electrons. The van der Waals surface area contributed by atoms with E-state index in [0.29, 0.717) is 27.7 Å². The van der Waals surface area contributed by atoms with Gasteiger partial charge in [-0.3, -0.25) is 9.78 Å². The van der Waals surface area contributed by atoms with Gasteiger partial charge in [-0.15, -0.1) is 0 Å². The zero-order chi connectivity index (χ0) is 14.8. The Kier molecular flexibility index (Phi) is 3.49. The summed E-state index contributed by atoms with van der Waals surface area (Å²) in [6.45, 7) is 0. The summed E-state index contributed by atoms with van der Waals surface area (Å²) in [6.07, 6.45) is 1.58. The van der Waals surface area contributed by atoms with Crippen LogP contribution in [0.4, 0.5) is 5.69 Å². The fourth-order valence-electron chi connectivity index (χ4n) is 1.79. The van der Waals surface area contributed by atoms with Gasteiger partial charge in [0.1, 0.15) is 11.2 Å². The second kappa shape index (κ2) is 5.45. The van der Waals surface area contributed by atoms with Crippen LogP contribution < -0.4 is 11.1 Å². The lowest BCUT2D eigenvalue weighted by Gasteiger charge is -2.00. The SMILES string of the molecule is CNC(=O)c1cc(Sc2nc3cc(N)ccc3o2)ccn1. The zero-order valence-electron chi connectivity index (χ0n) is 11.2. The summed E-state index contributed by atoms with van der Waals surface area (Å²) in [7, 11) is 1.56. The van der Waals surface area contributed by atoms with Crippen LogP contribution in [0.25, 0.3) is 11.1 Å². The van der Waals surface area contributed by atoms with Gasteiger partial charge in [-0.1, -0.05) is 0 Å². The molecule has 2 heterocycles. The van der Waals surface area contributed by atoms with E-state index in [9.17, 15) is 4.79 Å². The molecule has 0 saturated heterocycles. The number of anilines is 1. The first-order valence-corrected chi connectivity index (χ1v) is 6.99. The molecule has 1 aromatic carbocycles. The monoisotopic (exact) mass is 300 g/mol. The molecule has 0 aliphatic rings. The van der Waals surface area contributed by atoms with Crippen LogP contribution in [-0.2, 0) is 0 Å². The van der Waals surface area contributed by atoms with Gasteiger partial charge >= 0.3 is 0 Å². The van der Waals surface area contributed by atoms with Crippen molar-refractivity contribution in [2.75, 3.05) is 12.8 Å².